The standard InChI is InChI=1S/C19H28N4O8/c1-10(26)15(20)18(29)22-13(8-24)17(28)21-12(7-11-5-3-2-4-6-11)16(27)23-14(9-25)19(30)31/h2-6,10,12-15,24-26H,7-9,20H2,1H3,(H,21,28)(H,22,29)(H,23,27)(H,30,31). The summed E-state index contributed by atoms with van der Waals surface area (Å²) in [5.74, 6) is -4.17. The molecule has 1 aromatic carbocycles. The van der Waals surface area contributed by atoms with Crippen molar-refractivity contribution in [2.45, 2.75) is 43.6 Å². The Kier molecular flexibility index (Phi) is 10.6. The molecule has 5 atom stereocenters. The summed E-state index contributed by atoms with van der Waals surface area (Å²) in [6.45, 7) is -0.406. The van der Waals surface area contributed by atoms with E-state index >= 15 is 0 Å². The summed E-state index contributed by atoms with van der Waals surface area (Å²) in [7, 11) is 0. The molecule has 0 spiro atoms. The van der Waals surface area contributed by atoms with E-state index in [-0.39, 0.29) is 6.42 Å². The highest BCUT2D eigenvalue weighted by molar-refractivity contribution is 5.94. The van der Waals surface area contributed by atoms with E-state index in [0.717, 1.165) is 0 Å². The molecule has 31 heavy (non-hydrogen) atoms. The maximum absolute atomic E-state index is 12.6. The van der Waals surface area contributed by atoms with Crippen LogP contribution >= 0.6 is 0 Å². The van der Waals surface area contributed by atoms with Gasteiger partial charge in [0, 0.05) is 6.42 Å². The van der Waals surface area contributed by atoms with Gasteiger partial charge in [-0.3, -0.25) is 14.4 Å². The summed E-state index contributed by atoms with van der Waals surface area (Å²) >= 11 is 0. The van der Waals surface area contributed by atoms with Gasteiger partial charge in [0.15, 0.2) is 0 Å². The second kappa shape index (κ2) is 12.6. The molecular weight excluding hydrogens is 412 g/mol. The number of carboxylic acid groups (broad SMARTS) is 1. The Morgan fingerprint density at radius 2 is 1.35 bits per heavy atom. The molecule has 3 amide bonds. The first-order valence-corrected chi connectivity index (χ1v) is 9.43. The van der Waals surface area contributed by atoms with Crippen LogP contribution in [0.4, 0.5) is 0 Å². The van der Waals surface area contributed by atoms with E-state index in [0.29, 0.717) is 5.56 Å². The largest absolute Gasteiger partial charge is 0.480 e. The minimum atomic E-state index is -1.58. The van der Waals surface area contributed by atoms with E-state index in [4.69, 9.17) is 15.9 Å². The fourth-order valence-electron chi connectivity index (χ4n) is 2.47. The van der Waals surface area contributed by atoms with Crippen molar-refractivity contribution in [1.82, 2.24) is 16.0 Å². The number of carbonyl (C=O) groups excluding carboxylic acids is 3. The van der Waals surface area contributed by atoms with Gasteiger partial charge in [0.05, 0.1) is 19.3 Å². The number of hydrogen-bond donors (Lipinski definition) is 8. The SMILES string of the molecule is CC(O)C(N)C(=O)NC(CO)C(=O)NC(Cc1ccccc1)C(=O)NC(CO)C(=O)O. The molecule has 0 bridgehead atoms. The van der Waals surface area contributed by atoms with E-state index in [2.05, 4.69) is 16.0 Å². The van der Waals surface area contributed by atoms with E-state index in [9.17, 15) is 29.4 Å². The number of amides is 3. The predicted octanol–water partition coefficient (Wildman–Crippen LogP) is -3.54. The van der Waals surface area contributed by atoms with Crippen molar-refractivity contribution in [2.24, 2.45) is 5.73 Å². The number of carbonyl (C=O) groups is 4. The molecule has 0 aliphatic rings. The monoisotopic (exact) mass is 440 g/mol. The summed E-state index contributed by atoms with van der Waals surface area (Å²) < 4.78 is 0. The van der Waals surface area contributed by atoms with Gasteiger partial charge in [-0.05, 0) is 12.5 Å². The lowest BCUT2D eigenvalue weighted by Gasteiger charge is -2.24. The van der Waals surface area contributed by atoms with Gasteiger partial charge in [-0.15, -0.1) is 0 Å². The number of aliphatic carboxylic acids is 1. The summed E-state index contributed by atoms with van der Waals surface area (Å²) in [4.78, 5) is 48.2. The fourth-order valence-corrected chi connectivity index (χ4v) is 2.47. The Morgan fingerprint density at radius 1 is 0.871 bits per heavy atom. The normalized spacial score (nSPS) is 15.6. The zero-order valence-corrected chi connectivity index (χ0v) is 16.9. The van der Waals surface area contributed by atoms with Gasteiger partial charge >= 0.3 is 5.97 Å². The quantitative estimate of drug-likeness (QED) is 0.161. The summed E-state index contributed by atoms with van der Waals surface area (Å²) in [6.07, 6.45) is -1.24. The Balaban J connectivity index is 2.98. The molecule has 12 heteroatoms. The van der Waals surface area contributed by atoms with Crippen molar-refractivity contribution in [3.05, 3.63) is 35.9 Å². The van der Waals surface area contributed by atoms with Crippen LogP contribution in [-0.4, -0.2) is 87.6 Å². The van der Waals surface area contributed by atoms with E-state index in [1.807, 2.05) is 0 Å². The minimum absolute atomic E-state index is 0.0323. The third kappa shape index (κ3) is 8.30. The highest BCUT2D eigenvalue weighted by atomic mass is 16.4. The van der Waals surface area contributed by atoms with E-state index in [1.165, 1.54) is 6.92 Å². The Labute approximate surface area is 178 Å². The van der Waals surface area contributed by atoms with Crippen molar-refractivity contribution >= 4 is 23.7 Å². The molecule has 1 aromatic rings. The number of nitrogens with one attached hydrogen (secondary N) is 3. The first-order valence-electron chi connectivity index (χ1n) is 9.43. The predicted molar refractivity (Wildman–Crippen MR) is 107 cm³/mol. The average Bonchev–Trinajstić information content (AvgIpc) is 2.74. The van der Waals surface area contributed by atoms with Gasteiger partial charge in [0.2, 0.25) is 17.7 Å². The number of carboxylic acids is 1. The third-order valence-electron chi connectivity index (χ3n) is 4.35. The van der Waals surface area contributed by atoms with Crippen LogP contribution in [0.1, 0.15) is 12.5 Å². The topological polar surface area (TPSA) is 211 Å². The van der Waals surface area contributed by atoms with Gasteiger partial charge in [0.1, 0.15) is 24.2 Å². The van der Waals surface area contributed by atoms with Gasteiger partial charge < -0.3 is 42.1 Å². The van der Waals surface area contributed by atoms with Crippen LogP contribution in [0.5, 0.6) is 0 Å². The maximum atomic E-state index is 12.6. The lowest BCUT2D eigenvalue weighted by molar-refractivity contribution is -0.143. The van der Waals surface area contributed by atoms with Crippen molar-refractivity contribution < 1.29 is 39.6 Å². The molecule has 0 fully saturated rings. The molecule has 0 aliphatic heterocycles. The van der Waals surface area contributed by atoms with Crippen LogP contribution in [0.25, 0.3) is 0 Å². The molecule has 172 valence electrons. The molecule has 1 rings (SSSR count). The highest BCUT2D eigenvalue weighted by Crippen LogP contribution is 2.05. The van der Waals surface area contributed by atoms with Crippen LogP contribution in [0.2, 0.25) is 0 Å². The van der Waals surface area contributed by atoms with Gasteiger partial charge in [-0.1, -0.05) is 30.3 Å². The molecule has 0 heterocycles. The molecule has 0 aliphatic carbocycles. The number of hydrogen-bond acceptors (Lipinski definition) is 8. The summed E-state index contributed by atoms with van der Waals surface area (Å²) in [5.41, 5.74) is 6.13. The second-order valence-electron chi connectivity index (χ2n) is 6.84. The molecular formula is C19H28N4O8. The Hall–Kier alpha value is -3.06. The van der Waals surface area contributed by atoms with Crippen LogP contribution < -0.4 is 21.7 Å². The fraction of sp³-hybridized carbons (Fsp3) is 0.474. The molecule has 0 saturated carbocycles. The van der Waals surface area contributed by atoms with Crippen molar-refractivity contribution in [3.63, 3.8) is 0 Å². The molecule has 0 saturated heterocycles. The van der Waals surface area contributed by atoms with Crippen LogP contribution in [-0.2, 0) is 25.6 Å². The maximum Gasteiger partial charge on any atom is 0.328 e. The Bertz CT molecular complexity index is 759. The molecule has 0 radical (unpaired) electrons. The third-order valence-corrected chi connectivity index (χ3v) is 4.35. The second-order valence-corrected chi connectivity index (χ2v) is 6.84. The number of nitrogens with two attached hydrogens (primary N) is 1. The lowest BCUT2D eigenvalue weighted by atomic mass is 10.0. The highest BCUT2D eigenvalue weighted by Gasteiger charge is 2.30. The van der Waals surface area contributed by atoms with Gasteiger partial charge in [0.25, 0.3) is 0 Å². The van der Waals surface area contributed by atoms with E-state index < -0.39 is 67.2 Å². The summed E-state index contributed by atoms with van der Waals surface area (Å²) in [6, 6.07) is 2.83. The zero-order valence-electron chi connectivity index (χ0n) is 16.9. The number of rotatable bonds is 12. The molecule has 12 nitrogen and oxygen atoms in total. The van der Waals surface area contributed by atoms with Gasteiger partial charge in [-0.25, -0.2) is 4.79 Å². The number of benzene rings is 1. The molecule has 5 unspecified atom stereocenters. The first kappa shape index (κ1) is 26.0. The average molecular weight is 440 g/mol. The van der Waals surface area contributed by atoms with Crippen LogP contribution in [0.15, 0.2) is 30.3 Å². The van der Waals surface area contributed by atoms with Crippen molar-refractivity contribution in [2.75, 3.05) is 13.2 Å². The number of aliphatic hydroxyl groups is 3. The van der Waals surface area contributed by atoms with Gasteiger partial charge in [-0.2, -0.15) is 0 Å². The first-order chi connectivity index (χ1) is 14.6. The molecule has 0 aromatic heterocycles. The van der Waals surface area contributed by atoms with Crippen molar-refractivity contribution in [3.8, 4) is 0 Å². The zero-order chi connectivity index (χ0) is 23.6. The lowest BCUT2D eigenvalue weighted by Crippen LogP contribution is -2.59. The number of aliphatic hydroxyl groups excluding tert-OH is 3. The summed E-state index contributed by atoms with van der Waals surface area (Å²) in [5, 5.41) is 43.6. The van der Waals surface area contributed by atoms with Crippen LogP contribution in [0.3, 0.4) is 0 Å². The smallest absolute Gasteiger partial charge is 0.328 e. The Morgan fingerprint density at radius 3 is 1.84 bits per heavy atom. The molecule has 9 N–H and O–H groups in total. The minimum Gasteiger partial charge on any atom is -0.480 e. The van der Waals surface area contributed by atoms with Crippen molar-refractivity contribution in [1.29, 1.82) is 0 Å². The van der Waals surface area contributed by atoms with Crippen LogP contribution in [0, 0.1) is 0 Å². The van der Waals surface area contributed by atoms with E-state index in [1.54, 1.807) is 30.3 Å².